The molecule has 1 aromatic heterocycles. The number of hydrogen-bond donors (Lipinski definition) is 1. The molecule has 4 heteroatoms. The van der Waals surface area contributed by atoms with E-state index in [1.807, 2.05) is 97.1 Å². The Kier molecular flexibility index (Phi) is 6.18. The van der Waals surface area contributed by atoms with Crippen molar-refractivity contribution in [3.8, 4) is 22.5 Å². The van der Waals surface area contributed by atoms with E-state index in [0.717, 1.165) is 28.1 Å². The first-order valence-corrected chi connectivity index (χ1v) is 11.7. The van der Waals surface area contributed by atoms with E-state index in [1.54, 1.807) is 0 Å². The molecular formula is C29H22N2OS. The zero-order valence-electron chi connectivity index (χ0n) is 17.9. The first-order chi connectivity index (χ1) is 16.3. The fraction of sp³-hybridized carbons (Fsp3) is 0.0345. The molecule has 0 aliphatic rings. The van der Waals surface area contributed by atoms with Gasteiger partial charge in [0.25, 0.3) is 0 Å². The molecule has 0 saturated heterocycles. The number of imidazole rings is 1. The number of Topliss-reactive ketones (excluding diaryl/α,β-unsaturated/α-hetero) is 1. The maximum Gasteiger partial charge on any atom is 0.180 e. The minimum Gasteiger partial charge on any atom is -0.332 e. The summed E-state index contributed by atoms with van der Waals surface area (Å²) < 4.78 is 0. The van der Waals surface area contributed by atoms with Gasteiger partial charge >= 0.3 is 0 Å². The number of ketones is 1. The Morgan fingerprint density at radius 3 is 1.79 bits per heavy atom. The molecule has 0 amide bonds. The molecule has 1 atom stereocenters. The van der Waals surface area contributed by atoms with Crippen molar-refractivity contribution in [1.29, 1.82) is 0 Å². The summed E-state index contributed by atoms with van der Waals surface area (Å²) >= 11 is 1.45. The zero-order chi connectivity index (χ0) is 22.5. The van der Waals surface area contributed by atoms with Gasteiger partial charge < -0.3 is 4.98 Å². The van der Waals surface area contributed by atoms with Crippen molar-refractivity contribution in [3.05, 3.63) is 132 Å². The lowest BCUT2D eigenvalue weighted by Crippen LogP contribution is -2.10. The van der Waals surface area contributed by atoms with Crippen molar-refractivity contribution >= 4 is 17.5 Å². The molecule has 0 spiro atoms. The Bertz CT molecular complexity index is 1280. The lowest BCUT2D eigenvalue weighted by atomic mass is 10.0. The van der Waals surface area contributed by atoms with Crippen LogP contribution in [0, 0.1) is 0 Å². The van der Waals surface area contributed by atoms with Gasteiger partial charge in [0, 0.05) is 16.7 Å². The fourth-order valence-corrected chi connectivity index (χ4v) is 4.86. The standard InChI is InChI=1S/C29H22N2OS/c32-27(23-17-9-3-10-18-23)28(24-19-11-4-12-20-24)33-29-30-25(21-13-5-1-6-14-21)26(31-29)22-15-7-2-8-16-22/h1-20,28H,(H,30,31)/t28-/m1/s1. The molecule has 0 saturated carbocycles. The quantitative estimate of drug-likeness (QED) is 0.208. The van der Waals surface area contributed by atoms with Crippen LogP contribution in [0.5, 0.6) is 0 Å². The summed E-state index contributed by atoms with van der Waals surface area (Å²) in [4.78, 5) is 22.0. The minimum absolute atomic E-state index is 0.0609. The molecule has 160 valence electrons. The molecule has 33 heavy (non-hydrogen) atoms. The maximum atomic E-state index is 13.5. The normalized spacial score (nSPS) is 11.8. The molecule has 1 heterocycles. The van der Waals surface area contributed by atoms with E-state index in [-0.39, 0.29) is 5.78 Å². The predicted octanol–water partition coefficient (Wildman–Crippen LogP) is 7.46. The number of carbonyl (C=O) groups is 1. The number of carbonyl (C=O) groups excluding carboxylic acids is 1. The van der Waals surface area contributed by atoms with Crippen molar-refractivity contribution < 1.29 is 4.79 Å². The zero-order valence-corrected chi connectivity index (χ0v) is 18.7. The van der Waals surface area contributed by atoms with E-state index in [9.17, 15) is 4.79 Å². The largest absolute Gasteiger partial charge is 0.332 e. The number of hydrogen-bond acceptors (Lipinski definition) is 3. The maximum absolute atomic E-state index is 13.5. The van der Waals surface area contributed by atoms with Gasteiger partial charge in [-0.15, -0.1) is 0 Å². The van der Waals surface area contributed by atoms with Crippen LogP contribution in [0.3, 0.4) is 0 Å². The summed E-state index contributed by atoms with van der Waals surface area (Å²) in [7, 11) is 0. The number of H-pyrrole nitrogens is 1. The van der Waals surface area contributed by atoms with E-state index >= 15 is 0 Å². The van der Waals surface area contributed by atoms with Gasteiger partial charge in [0.15, 0.2) is 10.9 Å². The third kappa shape index (κ3) is 4.66. The molecule has 1 N–H and O–H groups in total. The average molecular weight is 447 g/mol. The third-order valence-electron chi connectivity index (χ3n) is 5.42. The van der Waals surface area contributed by atoms with Crippen LogP contribution in [0.1, 0.15) is 21.2 Å². The second-order valence-electron chi connectivity index (χ2n) is 7.64. The second-order valence-corrected chi connectivity index (χ2v) is 8.73. The van der Waals surface area contributed by atoms with Crippen LogP contribution >= 0.6 is 11.8 Å². The van der Waals surface area contributed by atoms with Crippen LogP contribution < -0.4 is 0 Å². The van der Waals surface area contributed by atoms with Crippen molar-refractivity contribution in [2.45, 2.75) is 10.4 Å². The lowest BCUT2D eigenvalue weighted by molar-refractivity contribution is 0.0989. The SMILES string of the molecule is O=C(c1ccccc1)[C@H](Sc1nc(-c2ccccc2)c(-c2ccccc2)[nH]1)c1ccccc1. The number of aromatic nitrogens is 2. The van der Waals surface area contributed by atoms with Crippen LogP contribution in [0.15, 0.2) is 126 Å². The average Bonchev–Trinajstić information content (AvgIpc) is 3.33. The highest BCUT2D eigenvalue weighted by atomic mass is 32.2. The second kappa shape index (κ2) is 9.72. The monoisotopic (exact) mass is 446 g/mol. The summed E-state index contributed by atoms with van der Waals surface area (Å²) in [6.07, 6.45) is 0. The summed E-state index contributed by atoms with van der Waals surface area (Å²) in [6.45, 7) is 0. The van der Waals surface area contributed by atoms with Gasteiger partial charge in [-0.3, -0.25) is 4.79 Å². The van der Waals surface area contributed by atoms with Crippen LogP contribution in [-0.4, -0.2) is 15.8 Å². The Hall–Kier alpha value is -3.89. The smallest absolute Gasteiger partial charge is 0.180 e. The first-order valence-electron chi connectivity index (χ1n) is 10.8. The predicted molar refractivity (Wildman–Crippen MR) is 135 cm³/mol. The summed E-state index contributed by atoms with van der Waals surface area (Å²) in [6, 6.07) is 39.6. The highest BCUT2D eigenvalue weighted by Crippen LogP contribution is 2.40. The number of nitrogens with zero attached hydrogens (tertiary/aromatic N) is 1. The molecule has 5 aromatic rings. The molecule has 0 radical (unpaired) electrons. The first kappa shape index (κ1) is 21.0. The molecule has 4 aromatic carbocycles. The van der Waals surface area contributed by atoms with Gasteiger partial charge in [0.2, 0.25) is 0 Å². The van der Waals surface area contributed by atoms with Crippen molar-refractivity contribution in [2.75, 3.05) is 0 Å². The number of benzene rings is 4. The van der Waals surface area contributed by atoms with Crippen LogP contribution in [0.25, 0.3) is 22.5 Å². The van der Waals surface area contributed by atoms with Crippen LogP contribution in [0.4, 0.5) is 0 Å². The fourth-order valence-electron chi connectivity index (χ4n) is 3.79. The van der Waals surface area contributed by atoms with E-state index in [2.05, 4.69) is 29.2 Å². The molecule has 0 aliphatic carbocycles. The molecule has 0 bridgehead atoms. The van der Waals surface area contributed by atoms with Crippen LogP contribution in [-0.2, 0) is 0 Å². The molecule has 0 aliphatic heterocycles. The number of thioether (sulfide) groups is 1. The van der Waals surface area contributed by atoms with Gasteiger partial charge in [0.05, 0.1) is 11.4 Å². The Morgan fingerprint density at radius 1 is 0.667 bits per heavy atom. The number of rotatable bonds is 7. The third-order valence-corrected chi connectivity index (χ3v) is 6.56. The van der Waals surface area contributed by atoms with Crippen molar-refractivity contribution in [2.24, 2.45) is 0 Å². The van der Waals surface area contributed by atoms with E-state index in [0.29, 0.717) is 10.7 Å². The Balaban J connectivity index is 1.57. The van der Waals surface area contributed by atoms with Crippen molar-refractivity contribution in [1.82, 2.24) is 9.97 Å². The van der Waals surface area contributed by atoms with Crippen molar-refractivity contribution in [3.63, 3.8) is 0 Å². The minimum atomic E-state index is -0.410. The highest BCUT2D eigenvalue weighted by molar-refractivity contribution is 8.00. The lowest BCUT2D eigenvalue weighted by Gasteiger charge is -2.15. The summed E-state index contributed by atoms with van der Waals surface area (Å²) in [5.74, 6) is 0.0609. The molecule has 5 rings (SSSR count). The Labute approximate surface area is 197 Å². The Morgan fingerprint density at radius 2 is 1.18 bits per heavy atom. The van der Waals surface area contributed by atoms with Gasteiger partial charge in [-0.25, -0.2) is 4.98 Å². The van der Waals surface area contributed by atoms with Gasteiger partial charge in [-0.2, -0.15) is 0 Å². The van der Waals surface area contributed by atoms with E-state index in [4.69, 9.17) is 4.98 Å². The highest BCUT2D eigenvalue weighted by Gasteiger charge is 2.26. The molecular weight excluding hydrogens is 424 g/mol. The van der Waals surface area contributed by atoms with E-state index < -0.39 is 5.25 Å². The number of nitrogens with one attached hydrogen (secondary N) is 1. The summed E-state index contributed by atoms with van der Waals surface area (Å²) in [5.41, 5.74) is 5.56. The summed E-state index contributed by atoms with van der Waals surface area (Å²) in [5, 5.41) is 0.304. The van der Waals surface area contributed by atoms with Gasteiger partial charge in [0.1, 0.15) is 5.25 Å². The van der Waals surface area contributed by atoms with Gasteiger partial charge in [-0.05, 0) is 5.56 Å². The van der Waals surface area contributed by atoms with Gasteiger partial charge in [-0.1, -0.05) is 133 Å². The molecule has 0 unspecified atom stereocenters. The van der Waals surface area contributed by atoms with Crippen LogP contribution in [0.2, 0.25) is 0 Å². The molecule has 0 fully saturated rings. The van der Waals surface area contributed by atoms with E-state index in [1.165, 1.54) is 11.8 Å². The number of aromatic amines is 1. The molecule has 3 nitrogen and oxygen atoms in total. The topological polar surface area (TPSA) is 45.8 Å².